The number of hydrogen-bond acceptors (Lipinski definition) is 6. The summed E-state index contributed by atoms with van der Waals surface area (Å²) in [6.07, 6.45) is 7.23. The van der Waals surface area contributed by atoms with Crippen LogP contribution in [0.2, 0.25) is 0 Å². The quantitative estimate of drug-likeness (QED) is 0.441. The highest BCUT2D eigenvalue weighted by molar-refractivity contribution is 6.02. The maximum atomic E-state index is 13.9. The zero-order valence-electron chi connectivity index (χ0n) is 20.7. The van der Waals surface area contributed by atoms with Crippen molar-refractivity contribution in [3.05, 3.63) is 41.5 Å². The minimum Gasteiger partial charge on any atom is -0.374 e. The van der Waals surface area contributed by atoms with Crippen molar-refractivity contribution in [2.45, 2.75) is 77.0 Å². The Morgan fingerprint density at radius 3 is 2.67 bits per heavy atom. The number of aromatic nitrogens is 5. The number of carbonyl (C=O) groups is 1. The number of anilines is 1. The Hall–Kier alpha value is -2.88. The van der Waals surface area contributed by atoms with Crippen LogP contribution in [0, 0.1) is 11.8 Å². The SMILES string of the molecule is CC(C)C1CCC(n2cc(CC(=O)c3cnn4ccc(N5C[C@H]6C[C@@H]5CO6)nc34)c(C(F)F)n2)CC1. The molecular weight excluding hydrogens is 466 g/mol. The first-order valence-electron chi connectivity index (χ1n) is 13.0. The molecule has 2 atom stereocenters. The summed E-state index contributed by atoms with van der Waals surface area (Å²) < 4.78 is 36.7. The molecule has 5 heterocycles. The standard InChI is InChI=1S/C26H32F2N6O2/c1-15(2)16-3-5-18(6-4-16)34-12-17(24(31-34)25(27)28)9-22(35)21-11-29-33-8-7-23(30-26(21)33)32-13-20-10-19(32)14-36-20/h7-8,11-12,15-16,18-20,25H,3-6,9-10,13-14H2,1-2H3/t16?,18?,19-,20-/m1/s1. The van der Waals surface area contributed by atoms with Crippen molar-refractivity contribution in [1.29, 1.82) is 0 Å². The lowest BCUT2D eigenvalue weighted by atomic mass is 9.80. The Bertz CT molecular complexity index is 1260. The molecular formula is C26H32F2N6O2. The summed E-state index contributed by atoms with van der Waals surface area (Å²) in [5.41, 5.74) is 0.764. The van der Waals surface area contributed by atoms with Gasteiger partial charge < -0.3 is 9.64 Å². The van der Waals surface area contributed by atoms with E-state index in [2.05, 4.69) is 28.9 Å². The van der Waals surface area contributed by atoms with E-state index in [1.54, 1.807) is 21.6 Å². The largest absolute Gasteiger partial charge is 0.374 e. The third-order valence-electron chi connectivity index (χ3n) is 8.31. The zero-order chi connectivity index (χ0) is 25.0. The summed E-state index contributed by atoms with van der Waals surface area (Å²) in [4.78, 5) is 20.3. The molecule has 8 nitrogen and oxygen atoms in total. The molecule has 2 bridgehead atoms. The van der Waals surface area contributed by atoms with Crippen LogP contribution in [0.5, 0.6) is 0 Å². The molecule has 0 N–H and O–H groups in total. The van der Waals surface area contributed by atoms with Gasteiger partial charge in [-0.3, -0.25) is 9.48 Å². The van der Waals surface area contributed by atoms with E-state index in [9.17, 15) is 13.6 Å². The fourth-order valence-electron chi connectivity index (χ4n) is 6.15. The summed E-state index contributed by atoms with van der Waals surface area (Å²) in [6.45, 7) is 5.93. The Balaban J connectivity index is 1.23. The number of Topliss-reactive ketones (excluding diaryl/α,β-unsaturated/α-hetero) is 1. The predicted molar refractivity (Wildman–Crippen MR) is 130 cm³/mol. The Labute approximate surface area is 208 Å². The predicted octanol–water partition coefficient (Wildman–Crippen LogP) is 4.65. The van der Waals surface area contributed by atoms with Gasteiger partial charge in [0.05, 0.1) is 36.6 Å². The molecule has 3 aromatic rings. The van der Waals surface area contributed by atoms with Crippen LogP contribution >= 0.6 is 0 Å². The summed E-state index contributed by atoms with van der Waals surface area (Å²) in [5, 5.41) is 8.52. The molecule has 0 radical (unpaired) electrons. The van der Waals surface area contributed by atoms with Gasteiger partial charge in [0.25, 0.3) is 6.43 Å². The summed E-state index contributed by atoms with van der Waals surface area (Å²) in [7, 11) is 0. The molecule has 36 heavy (non-hydrogen) atoms. The van der Waals surface area contributed by atoms with Gasteiger partial charge in [0.1, 0.15) is 11.5 Å². The van der Waals surface area contributed by atoms with Crippen LogP contribution < -0.4 is 4.90 Å². The van der Waals surface area contributed by atoms with Crippen LogP contribution in [0.25, 0.3) is 5.65 Å². The molecule has 1 aliphatic carbocycles. The van der Waals surface area contributed by atoms with Crippen LogP contribution in [-0.2, 0) is 11.2 Å². The number of carbonyl (C=O) groups excluding carboxylic acids is 1. The van der Waals surface area contributed by atoms with Gasteiger partial charge in [0, 0.05) is 30.9 Å². The first-order chi connectivity index (χ1) is 17.4. The Morgan fingerprint density at radius 2 is 2.00 bits per heavy atom. The van der Waals surface area contributed by atoms with Crippen LogP contribution in [0.3, 0.4) is 0 Å². The van der Waals surface area contributed by atoms with E-state index < -0.39 is 6.43 Å². The molecule has 0 spiro atoms. The number of ether oxygens (including phenoxy) is 1. The number of alkyl halides is 2. The highest BCUT2D eigenvalue weighted by atomic mass is 19.3. The second kappa shape index (κ2) is 9.21. The number of morpholine rings is 1. The van der Waals surface area contributed by atoms with Gasteiger partial charge in [-0.1, -0.05) is 13.8 Å². The van der Waals surface area contributed by atoms with Crippen molar-refractivity contribution in [1.82, 2.24) is 24.4 Å². The number of ketones is 1. The highest BCUT2D eigenvalue weighted by Crippen LogP contribution is 2.37. The second-order valence-electron chi connectivity index (χ2n) is 10.8. The van der Waals surface area contributed by atoms with E-state index in [0.717, 1.165) is 44.5 Å². The lowest BCUT2D eigenvalue weighted by Gasteiger charge is -2.30. The Kier molecular flexibility index (Phi) is 6.02. The average Bonchev–Trinajstić information content (AvgIpc) is 3.66. The molecule has 0 aromatic carbocycles. The summed E-state index contributed by atoms with van der Waals surface area (Å²) in [6, 6.07) is 2.28. The van der Waals surface area contributed by atoms with E-state index in [-0.39, 0.29) is 35.6 Å². The van der Waals surface area contributed by atoms with Crippen molar-refractivity contribution in [3.8, 4) is 0 Å². The van der Waals surface area contributed by atoms with Gasteiger partial charge in [0.15, 0.2) is 11.4 Å². The molecule has 2 aliphatic heterocycles. The lowest BCUT2D eigenvalue weighted by Crippen LogP contribution is -2.37. The van der Waals surface area contributed by atoms with Gasteiger partial charge in [0.2, 0.25) is 0 Å². The maximum absolute atomic E-state index is 13.9. The third-order valence-corrected chi connectivity index (χ3v) is 8.31. The molecule has 1 saturated carbocycles. The monoisotopic (exact) mass is 498 g/mol. The molecule has 3 aliphatic rings. The maximum Gasteiger partial charge on any atom is 0.282 e. The second-order valence-corrected chi connectivity index (χ2v) is 10.8. The first kappa shape index (κ1) is 23.5. The van der Waals surface area contributed by atoms with Gasteiger partial charge >= 0.3 is 0 Å². The topological polar surface area (TPSA) is 77.5 Å². The van der Waals surface area contributed by atoms with Crippen molar-refractivity contribution < 1.29 is 18.3 Å². The smallest absolute Gasteiger partial charge is 0.282 e. The fraction of sp³-hybridized carbons (Fsp3) is 0.615. The molecule has 10 heteroatoms. The van der Waals surface area contributed by atoms with Crippen molar-refractivity contribution in [2.75, 3.05) is 18.1 Å². The van der Waals surface area contributed by atoms with E-state index in [1.165, 1.54) is 6.20 Å². The van der Waals surface area contributed by atoms with E-state index in [0.29, 0.717) is 35.7 Å². The molecule has 2 saturated heterocycles. The third kappa shape index (κ3) is 4.19. The van der Waals surface area contributed by atoms with Crippen molar-refractivity contribution in [2.24, 2.45) is 11.8 Å². The van der Waals surface area contributed by atoms with Gasteiger partial charge in [-0.05, 0) is 50.0 Å². The number of fused-ring (bicyclic) bond motifs is 3. The van der Waals surface area contributed by atoms with Gasteiger partial charge in [-0.2, -0.15) is 10.2 Å². The van der Waals surface area contributed by atoms with Crippen LogP contribution in [0.15, 0.2) is 24.7 Å². The van der Waals surface area contributed by atoms with E-state index in [1.807, 2.05) is 6.07 Å². The van der Waals surface area contributed by atoms with E-state index >= 15 is 0 Å². The summed E-state index contributed by atoms with van der Waals surface area (Å²) in [5.74, 6) is 1.79. The van der Waals surface area contributed by atoms with Crippen molar-refractivity contribution in [3.63, 3.8) is 0 Å². The minimum absolute atomic E-state index is 0.0994. The molecule has 6 rings (SSSR count). The molecule has 0 amide bonds. The van der Waals surface area contributed by atoms with Gasteiger partial charge in [-0.15, -0.1) is 0 Å². The first-order valence-corrected chi connectivity index (χ1v) is 13.0. The Morgan fingerprint density at radius 1 is 1.19 bits per heavy atom. The minimum atomic E-state index is -2.73. The highest BCUT2D eigenvalue weighted by Gasteiger charge is 2.39. The van der Waals surface area contributed by atoms with Gasteiger partial charge in [-0.25, -0.2) is 18.3 Å². The lowest BCUT2D eigenvalue weighted by molar-refractivity contribution is 0.0985. The number of halogens is 2. The average molecular weight is 499 g/mol. The fourth-order valence-corrected chi connectivity index (χ4v) is 6.15. The van der Waals surface area contributed by atoms with Crippen LogP contribution in [0.1, 0.15) is 80.0 Å². The number of nitrogens with zero attached hydrogens (tertiary/aromatic N) is 6. The number of rotatable bonds is 7. The normalized spacial score (nSPS) is 26.1. The molecule has 0 unspecified atom stereocenters. The molecule has 3 aromatic heterocycles. The number of hydrogen-bond donors (Lipinski definition) is 0. The molecule has 3 fully saturated rings. The molecule has 192 valence electrons. The van der Waals surface area contributed by atoms with Crippen LogP contribution in [0.4, 0.5) is 14.6 Å². The van der Waals surface area contributed by atoms with Crippen LogP contribution in [-0.4, -0.2) is 55.5 Å². The van der Waals surface area contributed by atoms with Crippen molar-refractivity contribution >= 4 is 17.2 Å². The summed E-state index contributed by atoms with van der Waals surface area (Å²) >= 11 is 0. The van der Waals surface area contributed by atoms with E-state index in [4.69, 9.17) is 9.72 Å². The zero-order valence-corrected chi connectivity index (χ0v) is 20.7.